The first-order valence-corrected chi connectivity index (χ1v) is 8.91. The minimum absolute atomic E-state index is 0.251. The molecule has 0 spiro atoms. The van der Waals surface area contributed by atoms with Crippen LogP contribution in [-0.4, -0.2) is 22.8 Å². The van der Waals surface area contributed by atoms with Crippen LogP contribution in [0.15, 0.2) is 39.8 Å². The van der Waals surface area contributed by atoms with Crippen molar-refractivity contribution in [2.75, 3.05) is 6.54 Å². The first-order valence-electron chi connectivity index (χ1n) is 8.91. The van der Waals surface area contributed by atoms with Crippen molar-refractivity contribution in [2.45, 2.75) is 52.6 Å². The van der Waals surface area contributed by atoms with Gasteiger partial charge in [0, 0.05) is 18.5 Å². The minimum Gasteiger partial charge on any atom is -0.508 e. The fourth-order valence-electron chi connectivity index (χ4n) is 2.65. The number of aromatic nitrogens is 1. The van der Waals surface area contributed by atoms with Gasteiger partial charge in [-0.1, -0.05) is 31.1 Å². The van der Waals surface area contributed by atoms with E-state index in [2.05, 4.69) is 34.6 Å². The van der Waals surface area contributed by atoms with Crippen molar-refractivity contribution in [1.82, 2.24) is 15.8 Å². The molecule has 0 aliphatic carbocycles. The average molecular weight is 344 g/mol. The van der Waals surface area contributed by atoms with Gasteiger partial charge in [-0.2, -0.15) is 0 Å². The second-order valence-electron chi connectivity index (χ2n) is 5.95. The number of benzene rings is 1. The van der Waals surface area contributed by atoms with Crippen molar-refractivity contribution in [3.8, 4) is 5.75 Å². The number of rotatable bonds is 8. The Bertz CT molecular complexity index is 678. The average Bonchev–Trinajstić information content (AvgIpc) is 3.07. The lowest BCUT2D eigenvalue weighted by Crippen LogP contribution is -2.36. The minimum atomic E-state index is 0.251. The van der Waals surface area contributed by atoms with E-state index in [1.54, 1.807) is 12.1 Å². The highest BCUT2D eigenvalue weighted by Crippen LogP contribution is 2.22. The third kappa shape index (κ3) is 5.81. The molecule has 0 radical (unpaired) electrons. The second-order valence-corrected chi connectivity index (χ2v) is 5.95. The molecule has 1 heterocycles. The summed E-state index contributed by atoms with van der Waals surface area (Å²) in [6.07, 6.45) is 2.12. The summed E-state index contributed by atoms with van der Waals surface area (Å²) < 4.78 is 5.43. The van der Waals surface area contributed by atoms with Gasteiger partial charge in [0.1, 0.15) is 5.75 Å². The quantitative estimate of drug-likeness (QED) is 0.504. The van der Waals surface area contributed by atoms with Crippen LogP contribution in [0.2, 0.25) is 0 Å². The van der Waals surface area contributed by atoms with Crippen molar-refractivity contribution >= 4 is 5.96 Å². The fourth-order valence-corrected chi connectivity index (χ4v) is 2.65. The maximum Gasteiger partial charge on any atom is 0.191 e. The summed E-state index contributed by atoms with van der Waals surface area (Å²) in [6, 6.07) is 9.13. The van der Waals surface area contributed by atoms with Gasteiger partial charge in [0.2, 0.25) is 0 Å². The van der Waals surface area contributed by atoms with Gasteiger partial charge in [0.25, 0.3) is 0 Å². The second kappa shape index (κ2) is 9.71. The first-order chi connectivity index (χ1) is 12.2. The van der Waals surface area contributed by atoms with Gasteiger partial charge in [0.15, 0.2) is 11.7 Å². The van der Waals surface area contributed by atoms with Crippen LogP contribution >= 0.6 is 0 Å². The Morgan fingerprint density at radius 1 is 1.20 bits per heavy atom. The predicted molar refractivity (Wildman–Crippen MR) is 99.6 cm³/mol. The van der Waals surface area contributed by atoms with Crippen molar-refractivity contribution in [3.63, 3.8) is 0 Å². The lowest BCUT2D eigenvalue weighted by Gasteiger charge is -2.10. The SMILES string of the molecule is CCNC(=NCc1cccc(O)c1)NCc1cc(C(CC)CC)no1. The Morgan fingerprint density at radius 3 is 2.68 bits per heavy atom. The maximum absolute atomic E-state index is 9.52. The molecule has 0 aliphatic heterocycles. The molecule has 0 aliphatic rings. The van der Waals surface area contributed by atoms with Gasteiger partial charge < -0.3 is 20.3 Å². The van der Waals surface area contributed by atoms with E-state index in [1.807, 2.05) is 25.1 Å². The number of hydrogen-bond acceptors (Lipinski definition) is 4. The van der Waals surface area contributed by atoms with Crippen LogP contribution < -0.4 is 10.6 Å². The number of nitrogens with zero attached hydrogens (tertiary/aromatic N) is 2. The van der Waals surface area contributed by atoms with Crippen molar-refractivity contribution < 1.29 is 9.63 Å². The van der Waals surface area contributed by atoms with Crippen molar-refractivity contribution in [2.24, 2.45) is 4.99 Å². The van der Waals surface area contributed by atoms with Crippen LogP contribution in [0.1, 0.15) is 56.5 Å². The highest BCUT2D eigenvalue weighted by atomic mass is 16.5. The standard InChI is InChI=1S/C19H28N4O2/c1-4-15(5-2)18-11-17(25-23-18)13-22-19(20-6-3)21-12-14-8-7-9-16(24)10-14/h7-11,15,24H,4-6,12-13H2,1-3H3,(H2,20,21,22). The summed E-state index contributed by atoms with van der Waals surface area (Å²) in [5.41, 5.74) is 1.97. The predicted octanol–water partition coefficient (Wildman–Crippen LogP) is 3.54. The number of aromatic hydroxyl groups is 1. The lowest BCUT2D eigenvalue weighted by atomic mass is 9.99. The monoisotopic (exact) mass is 344 g/mol. The summed E-state index contributed by atoms with van der Waals surface area (Å²) in [4.78, 5) is 4.54. The molecule has 0 atom stereocenters. The fraction of sp³-hybridized carbons (Fsp3) is 0.474. The first kappa shape index (κ1) is 18.8. The molecule has 1 aromatic carbocycles. The molecule has 1 aromatic heterocycles. The van der Waals surface area contributed by atoms with Crippen molar-refractivity contribution in [3.05, 3.63) is 47.3 Å². The van der Waals surface area contributed by atoms with Gasteiger partial charge >= 0.3 is 0 Å². The molecule has 3 N–H and O–H groups in total. The van der Waals surface area contributed by atoms with Crippen LogP contribution in [0, 0.1) is 0 Å². The molecule has 0 amide bonds. The van der Waals surface area contributed by atoms with Gasteiger partial charge in [-0.3, -0.25) is 0 Å². The van der Waals surface area contributed by atoms with E-state index in [1.165, 1.54) is 0 Å². The molecular formula is C19H28N4O2. The van der Waals surface area contributed by atoms with Crippen LogP contribution in [0.25, 0.3) is 0 Å². The van der Waals surface area contributed by atoms with E-state index in [4.69, 9.17) is 4.52 Å². The summed E-state index contributed by atoms with van der Waals surface area (Å²) in [5, 5.41) is 20.2. The molecule has 0 fully saturated rings. The third-order valence-electron chi connectivity index (χ3n) is 4.09. The zero-order valence-electron chi connectivity index (χ0n) is 15.2. The van der Waals surface area contributed by atoms with E-state index in [-0.39, 0.29) is 5.75 Å². The van der Waals surface area contributed by atoms with Gasteiger partial charge in [-0.15, -0.1) is 0 Å². The zero-order valence-corrected chi connectivity index (χ0v) is 15.2. The smallest absolute Gasteiger partial charge is 0.191 e. The van der Waals surface area contributed by atoms with E-state index < -0.39 is 0 Å². The number of hydrogen-bond donors (Lipinski definition) is 3. The maximum atomic E-state index is 9.52. The van der Waals surface area contributed by atoms with E-state index in [0.717, 1.165) is 36.4 Å². The van der Waals surface area contributed by atoms with Gasteiger partial charge in [0.05, 0.1) is 18.8 Å². The Morgan fingerprint density at radius 2 is 2.00 bits per heavy atom. The normalized spacial score (nSPS) is 11.8. The molecule has 2 rings (SSSR count). The number of phenols is 1. The van der Waals surface area contributed by atoms with E-state index >= 15 is 0 Å². The van der Waals surface area contributed by atoms with E-state index in [0.29, 0.717) is 25.0 Å². The van der Waals surface area contributed by atoms with Crippen LogP contribution in [0.5, 0.6) is 5.75 Å². The Kier molecular flexibility index (Phi) is 7.32. The molecule has 0 saturated carbocycles. The van der Waals surface area contributed by atoms with Gasteiger partial charge in [-0.25, -0.2) is 4.99 Å². The molecule has 136 valence electrons. The number of nitrogens with one attached hydrogen (secondary N) is 2. The Labute approximate surface area is 149 Å². The third-order valence-corrected chi connectivity index (χ3v) is 4.09. The van der Waals surface area contributed by atoms with Crippen molar-refractivity contribution in [1.29, 1.82) is 0 Å². The molecule has 0 bridgehead atoms. The zero-order chi connectivity index (χ0) is 18.1. The summed E-state index contributed by atoms with van der Waals surface area (Å²) in [7, 11) is 0. The number of aliphatic imine (C=N–C) groups is 1. The molecule has 0 saturated heterocycles. The number of guanidine groups is 1. The molecule has 2 aromatic rings. The molecule has 0 unspecified atom stereocenters. The lowest BCUT2D eigenvalue weighted by molar-refractivity contribution is 0.368. The Hall–Kier alpha value is -2.50. The molecule has 6 heteroatoms. The highest BCUT2D eigenvalue weighted by Gasteiger charge is 2.13. The molecule has 6 nitrogen and oxygen atoms in total. The molecule has 25 heavy (non-hydrogen) atoms. The topological polar surface area (TPSA) is 82.7 Å². The summed E-state index contributed by atoms with van der Waals surface area (Å²) in [5.74, 6) is 2.20. The molecular weight excluding hydrogens is 316 g/mol. The summed E-state index contributed by atoms with van der Waals surface area (Å²) >= 11 is 0. The summed E-state index contributed by atoms with van der Waals surface area (Å²) in [6.45, 7) is 8.13. The Balaban J connectivity index is 1.96. The van der Waals surface area contributed by atoms with Crippen LogP contribution in [0.3, 0.4) is 0 Å². The number of phenolic OH excluding ortho intramolecular Hbond substituents is 1. The van der Waals surface area contributed by atoms with Gasteiger partial charge in [-0.05, 0) is 37.5 Å². The van der Waals surface area contributed by atoms with Crippen LogP contribution in [0.4, 0.5) is 0 Å². The van der Waals surface area contributed by atoms with Crippen LogP contribution in [-0.2, 0) is 13.1 Å². The highest BCUT2D eigenvalue weighted by molar-refractivity contribution is 5.79. The largest absolute Gasteiger partial charge is 0.508 e. The van der Waals surface area contributed by atoms with E-state index in [9.17, 15) is 5.11 Å².